The Morgan fingerprint density at radius 1 is 1.29 bits per heavy atom. The van der Waals surface area contributed by atoms with Crippen molar-refractivity contribution in [3.63, 3.8) is 0 Å². The lowest BCUT2D eigenvalue weighted by atomic mass is 10.1. The zero-order valence-electron chi connectivity index (χ0n) is 12.9. The van der Waals surface area contributed by atoms with Crippen LogP contribution in [0, 0.1) is 6.92 Å². The van der Waals surface area contributed by atoms with E-state index in [0.717, 1.165) is 32.1 Å². The summed E-state index contributed by atoms with van der Waals surface area (Å²) in [7, 11) is 1.80. The van der Waals surface area contributed by atoms with Gasteiger partial charge in [-0.2, -0.15) is 0 Å². The molecule has 2 rings (SSSR count). The topological polar surface area (TPSA) is 45.7 Å². The van der Waals surface area contributed by atoms with Crippen LogP contribution in [0.3, 0.4) is 0 Å². The first-order valence-electron chi connectivity index (χ1n) is 7.39. The molecule has 2 N–H and O–H groups in total. The van der Waals surface area contributed by atoms with Crippen LogP contribution in [-0.4, -0.2) is 32.3 Å². The van der Waals surface area contributed by atoms with Crippen LogP contribution in [-0.2, 0) is 11.3 Å². The third-order valence-corrected chi connectivity index (χ3v) is 3.59. The molecule has 1 saturated heterocycles. The highest BCUT2D eigenvalue weighted by Gasteiger charge is 2.14. The second-order valence-electron chi connectivity index (χ2n) is 5.26. The third-order valence-electron chi connectivity index (χ3n) is 3.59. The SMILES string of the molecule is CN=C(NCCC1CCCO1)NCc1ccc(C)cc1.I. The molecule has 0 spiro atoms. The lowest BCUT2D eigenvalue weighted by molar-refractivity contribution is 0.105. The molecule has 0 aromatic heterocycles. The first-order chi connectivity index (χ1) is 9.78. The lowest BCUT2D eigenvalue weighted by Crippen LogP contribution is -2.38. The van der Waals surface area contributed by atoms with Crippen molar-refractivity contribution < 1.29 is 4.74 Å². The molecule has 1 heterocycles. The van der Waals surface area contributed by atoms with Crippen molar-refractivity contribution in [1.29, 1.82) is 0 Å². The minimum Gasteiger partial charge on any atom is -0.378 e. The Bertz CT molecular complexity index is 428. The molecular formula is C16H26IN3O. The summed E-state index contributed by atoms with van der Waals surface area (Å²) in [6, 6.07) is 8.54. The van der Waals surface area contributed by atoms with Gasteiger partial charge in [0, 0.05) is 26.7 Å². The minimum absolute atomic E-state index is 0. The Labute approximate surface area is 144 Å². The number of aryl methyl sites for hydroxylation is 1. The van der Waals surface area contributed by atoms with Crippen LogP contribution in [0.2, 0.25) is 0 Å². The van der Waals surface area contributed by atoms with Gasteiger partial charge < -0.3 is 15.4 Å². The summed E-state index contributed by atoms with van der Waals surface area (Å²) in [5, 5.41) is 6.67. The van der Waals surface area contributed by atoms with E-state index >= 15 is 0 Å². The molecule has 21 heavy (non-hydrogen) atoms. The maximum absolute atomic E-state index is 5.61. The van der Waals surface area contributed by atoms with Gasteiger partial charge in [-0.1, -0.05) is 29.8 Å². The van der Waals surface area contributed by atoms with Gasteiger partial charge in [-0.3, -0.25) is 4.99 Å². The summed E-state index contributed by atoms with van der Waals surface area (Å²) in [5.74, 6) is 0.851. The molecular weight excluding hydrogens is 377 g/mol. The van der Waals surface area contributed by atoms with Gasteiger partial charge in [0.2, 0.25) is 0 Å². The number of guanidine groups is 1. The van der Waals surface area contributed by atoms with E-state index in [1.54, 1.807) is 7.05 Å². The highest BCUT2D eigenvalue weighted by Crippen LogP contribution is 2.14. The van der Waals surface area contributed by atoms with Gasteiger partial charge in [0.05, 0.1) is 6.10 Å². The maximum atomic E-state index is 5.61. The number of rotatable bonds is 5. The number of halogens is 1. The van der Waals surface area contributed by atoms with E-state index < -0.39 is 0 Å². The van der Waals surface area contributed by atoms with Crippen LogP contribution >= 0.6 is 24.0 Å². The Morgan fingerprint density at radius 2 is 2.05 bits per heavy atom. The first kappa shape index (κ1) is 18.2. The van der Waals surface area contributed by atoms with E-state index in [9.17, 15) is 0 Å². The Morgan fingerprint density at radius 3 is 2.67 bits per heavy atom. The van der Waals surface area contributed by atoms with Crippen LogP contribution < -0.4 is 10.6 Å². The second kappa shape index (κ2) is 10.00. The van der Waals surface area contributed by atoms with E-state index in [4.69, 9.17) is 4.74 Å². The predicted octanol–water partition coefficient (Wildman–Crippen LogP) is 2.85. The summed E-state index contributed by atoms with van der Waals surface area (Å²) in [5.41, 5.74) is 2.55. The molecule has 5 heteroatoms. The zero-order chi connectivity index (χ0) is 14.2. The average Bonchev–Trinajstić information content (AvgIpc) is 2.97. The molecule has 0 saturated carbocycles. The van der Waals surface area contributed by atoms with Gasteiger partial charge in [-0.25, -0.2) is 0 Å². The number of nitrogens with one attached hydrogen (secondary N) is 2. The monoisotopic (exact) mass is 403 g/mol. The summed E-state index contributed by atoms with van der Waals surface area (Å²) in [6.07, 6.45) is 3.87. The standard InChI is InChI=1S/C16H25N3O.HI/c1-13-5-7-14(8-6-13)12-19-16(17-2)18-10-9-15-4-3-11-20-15;/h5-8,15H,3-4,9-12H2,1-2H3,(H2,17,18,19);1H. The Kier molecular flexibility index (Phi) is 8.68. The molecule has 1 aromatic carbocycles. The van der Waals surface area contributed by atoms with Crippen molar-refractivity contribution in [3.05, 3.63) is 35.4 Å². The van der Waals surface area contributed by atoms with Crippen LogP contribution in [0.1, 0.15) is 30.4 Å². The fourth-order valence-corrected chi connectivity index (χ4v) is 2.34. The van der Waals surface area contributed by atoms with Crippen LogP contribution in [0.15, 0.2) is 29.3 Å². The zero-order valence-corrected chi connectivity index (χ0v) is 15.2. The van der Waals surface area contributed by atoms with E-state index in [2.05, 4.69) is 46.8 Å². The van der Waals surface area contributed by atoms with Crippen molar-refractivity contribution in [2.45, 2.75) is 38.8 Å². The van der Waals surface area contributed by atoms with Gasteiger partial charge in [0.1, 0.15) is 0 Å². The number of aliphatic imine (C=N–C) groups is 1. The molecule has 0 aliphatic carbocycles. The Balaban J connectivity index is 0.00000220. The van der Waals surface area contributed by atoms with Crippen molar-refractivity contribution in [1.82, 2.24) is 10.6 Å². The fourth-order valence-electron chi connectivity index (χ4n) is 2.34. The molecule has 0 amide bonds. The smallest absolute Gasteiger partial charge is 0.191 e. The normalized spacial score (nSPS) is 18.2. The molecule has 1 atom stereocenters. The van der Waals surface area contributed by atoms with Crippen molar-refractivity contribution in [3.8, 4) is 0 Å². The highest BCUT2D eigenvalue weighted by atomic mass is 127. The fraction of sp³-hybridized carbons (Fsp3) is 0.562. The number of ether oxygens (including phenoxy) is 1. The van der Waals surface area contributed by atoms with Gasteiger partial charge in [0.25, 0.3) is 0 Å². The molecule has 1 fully saturated rings. The van der Waals surface area contributed by atoms with E-state index in [1.807, 2.05) is 0 Å². The van der Waals surface area contributed by atoms with Crippen LogP contribution in [0.5, 0.6) is 0 Å². The molecule has 1 aromatic rings. The first-order valence-corrected chi connectivity index (χ1v) is 7.39. The van der Waals surface area contributed by atoms with E-state index in [1.165, 1.54) is 24.0 Å². The van der Waals surface area contributed by atoms with Crippen molar-refractivity contribution in [2.24, 2.45) is 4.99 Å². The number of nitrogens with zero attached hydrogens (tertiary/aromatic N) is 1. The predicted molar refractivity (Wildman–Crippen MR) is 98.4 cm³/mol. The lowest BCUT2D eigenvalue weighted by Gasteiger charge is -2.14. The quantitative estimate of drug-likeness (QED) is 0.452. The molecule has 118 valence electrons. The highest BCUT2D eigenvalue weighted by molar-refractivity contribution is 14.0. The molecule has 4 nitrogen and oxygen atoms in total. The largest absolute Gasteiger partial charge is 0.378 e. The van der Waals surface area contributed by atoms with Gasteiger partial charge in [0.15, 0.2) is 5.96 Å². The van der Waals surface area contributed by atoms with Gasteiger partial charge in [-0.15, -0.1) is 24.0 Å². The van der Waals surface area contributed by atoms with Crippen LogP contribution in [0.25, 0.3) is 0 Å². The summed E-state index contributed by atoms with van der Waals surface area (Å²) in [6.45, 7) is 4.71. The summed E-state index contributed by atoms with van der Waals surface area (Å²) >= 11 is 0. The van der Waals surface area contributed by atoms with Crippen LogP contribution in [0.4, 0.5) is 0 Å². The number of benzene rings is 1. The van der Waals surface area contributed by atoms with Crippen molar-refractivity contribution in [2.75, 3.05) is 20.2 Å². The van der Waals surface area contributed by atoms with E-state index in [0.29, 0.717) is 6.10 Å². The molecule has 1 aliphatic heterocycles. The van der Waals surface area contributed by atoms with Crippen molar-refractivity contribution >= 4 is 29.9 Å². The van der Waals surface area contributed by atoms with Gasteiger partial charge in [-0.05, 0) is 31.7 Å². The summed E-state index contributed by atoms with van der Waals surface area (Å²) in [4.78, 5) is 4.24. The molecule has 1 aliphatic rings. The third kappa shape index (κ3) is 6.65. The molecule has 1 unspecified atom stereocenters. The number of hydrogen-bond donors (Lipinski definition) is 2. The number of hydrogen-bond acceptors (Lipinski definition) is 2. The average molecular weight is 403 g/mol. The molecule has 0 radical (unpaired) electrons. The Hall–Kier alpha value is -0.820. The van der Waals surface area contributed by atoms with E-state index in [-0.39, 0.29) is 24.0 Å². The maximum Gasteiger partial charge on any atom is 0.191 e. The minimum atomic E-state index is 0. The van der Waals surface area contributed by atoms with Gasteiger partial charge >= 0.3 is 0 Å². The molecule has 0 bridgehead atoms. The second-order valence-corrected chi connectivity index (χ2v) is 5.26. The summed E-state index contributed by atoms with van der Waals surface area (Å²) < 4.78 is 5.61.